The molecule has 3 aromatic rings. The first-order valence-electron chi connectivity index (χ1n) is 11.4. The van der Waals surface area contributed by atoms with Crippen LogP contribution in [0.2, 0.25) is 0 Å². The van der Waals surface area contributed by atoms with Crippen molar-refractivity contribution >= 4 is 17.8 Å². The van der Waals surface area contributed by atoms with Crippen LogP contribution in [0.15, 0.2) is 60.8 Å². The van der Waals surface area contributed by atoms with Crippen molar-refractivity contribution in [2.75, 3.05) is 11.4 Å². The fourth-order valence-electron chi connectivity index (χ4n) is 5.11. The van der Waals surface area contributed by atoms with E-state index in [1.807, 2.05) is 0 Å². The minimum Gasteiger partial charge on any atom is -0.483 e. The van der Waals surface area contributed by atoms with Crippen molar-refractivity contribution in [3.05, 3.63) is 83.0 Å². The largest absolute Gasteiger partial charge is 0.483 e. The van der Waals surface area contributed by atoms with Gasteiger partial charge in [-0.1, -0.05) is 30.3 Å². The molecule has 2 unspecified atom stereocenters. The average Bonchev–Trinajstić information content (AvgIpc) is 3.55. The molecule has 2 aromatic carbocycles. The number of benzene rings is 2. The summed E-state index contributed by atoms with van der Waals surface area (Å²) in [6.07, 6.45) is 8.24. The number of fused-ring (bicyclic) bond motifs is 4. The van der Waals surface area contributed by atoms with Crippen LogP contribution in [0, 0.1) is 5.92 Å². The third kappa shape index (κ3) is 4.20. The van der Waals surface area contributed by atoms with E-state index in [1.54, 1.807) is 0 Å². The van der Waals surface area contributed by atoms with Gasteiger partial charge in [0, 0.05) is 30.2 Å². The molecule has 2 heterocycles. The number of hydrogen-bond acceptors (Lipinski definition) is 4. The van der Waals surface area contributed by atoms with Crippen LogP contribution in [-0.2, 0) is 24.2 Å². The number of pyridine rings is 1. The summed E-state index contributed by atoms with van der Waals surface area (Å²) in [4.78, 5) is 15.4. The molecule has 1 aliphatic heterocycles. The van der Waals surface area contributed by atoms with Crippen molar-refractivity contribution in [2.24, 2.45) is 5.92 Å². The number of rotatable bonds is 4. The molecular weight excluding hydrogens is 400 g/mol. The summed E-state index contributed by atoms with van der Waals surface area (Å²) >= 11 is 0. The van der Waals surface area contributed by atoms with E-state index >= 15 is 0 Å². The van der Waals surface area contributed by atoms with Crippen LogP contribution in [0.1, 0.15) is 47.4 Å². The lowest BCUT2D eigenvalue weighted by molar-refractivity contribution is -0.122. The van der Waals surface area contributed by atoms with Crippen molar-refractivity contribution < 1.29 is 14.6 Å². The second-order valence-electron chi connectivity index (χ2n) is 8.83. The minimum absolute atomic E-state index is 0.250. The standard InChI is InChI=1S/C26H26N2O.CH2O2/c1-2-7-22(8-3-1)28-11-5-4-6-19-10-9-18(12-25(19)28)17-29-26-15-21-13-20-14-23(20)24(21)16-27-26;2-1-3/h1-3,7-10,12,15-16,20,23H,4-6,11,13-14,17H2;1H,(H,2,3). The van der Waals surface area contributed by atoms with Crippen LogP contribution in [0.25, 0.3) is 0 Å². The second kappa shape index (κ2) is 9.03. The first-order chi connectivity index (χ1) is 15.8. The van der Waals surface area contributed by atoms with E-state index in [-0.39, 0.29) is 6.47 Å². The molecule has 0 spiro atoms. The highest BCUT2D eigenvalue weighted by atomic mass is 16.5. The van der Waals surface area contributed by atoms with Crippen LogP contribution in [0.3, 0.4) is 0 Å². The zero-order valence-electron chi connectivity index (χ0n) is 18.1. The Bertz CT molecular complexity index is 1100. The van der Waals surface area contributed by atoms with Gasteiger partial charge >= 0.3 is 0 Å². The quantitative estimate of drug-likeness (QED) is 0.556. The lowest BCUT2D eigenvalue weighted by Crippen LogP contribution is -2.18. The Hall–Kier alpha value is -3.34. The highest BCUT2D eigenvalue weighted by Crippen LogP contribution is 2.56. The number of aryl methyl sites for hydroxylation is 1. The predicted molar refractivity (Wildman–Crippen MR) is 125 cm³/mol. The summed E-state index contributed by atoms with van der Waals surface area (Å²) in [6, 6.07) is 19.7. The fourth-order valence-corrected chi connectivity index (χ4v) is 5.11. The average molecular weight is 429 g/mol. The summed E-state index contributed by atoms with van der Waals surface area (Å²) in [5.74, 6) is 2.44. The van der Waals surface area contributed by atoms with Gasteiger partial charge in [0.15, 0.2) is 0 Å². The topological polar surface area (TPSA) is 62.7 Å². The molecule has 2 atom stereocenters. The van der Waals surface area contributed by atoms with E-state index in [0.717, 1.165) is 30.7 Å². The Morgan fingerprint density at radius 3 is 2.78 bits per heavy atom. The molecule has 1 fully saturated rings. The highest BCUT2D eigenvalue weighted by Gasteiger charge is 2.45. The van der Waals surface area contributed by atoms with Crippen molar-refractivity contribution in [1.29, 1.82) is 0 Å². The maximum atomic E-state index is 8.36. The van der Waals surface area contributed by atoms with Crippen molar-refractivity contribution in [2.45, 2.75) is 44.6 Å². The van der Waals surface area contributed by atoms with Gasteiger partial charge in [0.25, 0.3) is 6.47 Å². The number of carbonyl (C=O) groups is 1. The van der Waals surface area contributed by atoms with E-state index in [0.29, 0.717) is 6.61 Å². The van der Waals surface area contributed by atoms with E-state index in [9.17, 15) is 0 Å². The summed E-state index contributed by atoms with van der Waals surface area (Å²) in [5, 5.41) is 6.89. The lowest BCUT2D eigenvalue weighted by atomic mass is 10.0. The normalized spacial score (nSPS) is 20.1. The van der Waals surface area contributed by atoms with Gasteiger partial charge in [-0.2, -0.15) is 0 Å². The number of hydrogen-bond donors (Lipinski definition) is 1. The van der Waals surface area contributed by atoms with Crippen molar-refractivity contribution in [3.8, 4) is 5.88 Å². The second-order valence-corrected chi connectivity index (χ2v) is 8.83. The van der Waals surface area contributed by atoms with E-state index in [4.69, 9.17) is 14.6 Å². The lowest BCUT2D eigenvalue weighted by Gasteiger charge is -2.25. The van der Waals surface area contributed by atoms with E-state index < -0.39 is 0 Å². The SMILES string of the molecule is O=CO.c1ccc(N2CCCCc3ccc(COc4cc5c(cn4)C4CC4C5)cc32)cc1. The van der Waals surface area contributed by atoms with Gasteiger partial charge in [-0.15, -0.1) is 0 Å². The predicted octanol–water partition coefficient (Wildman–Crippen LogP) is 5.50. The fraction of sp³-hybridized carbons (Fsp3) is 0.333. The zero-order chi connectivity index (χ0) is 21.9. The Labute approximate surface area is 188 Å². The number of carboxylic acid groups (broad SMARTS) is 1. The maximum absolute atomic E-state index is 8.36. The van der Waals surface area contributed by atoms with Gasteiger partial charge < -0.3 is 14.7 Å². The Balaban J connectivity index is 0.000000684. The Morgan fingerprint density at radius 1 is 1.09 bits per heavy atom. The molecule has 0 saturated heterocycles. The summed E-state index contributed by atoms with van der Waals surface area (Å²) in [7, 11) is 0. The molecule has 1 N–H and O–H groups in total. The molecule has 1 saturated carbocycles. The minimum atomic E-state index is -0.250. The monoisotopic (exact) mass is 428 g/mol. The number of nitrogens with zero attached hydrogens (tertiary/aromatic N) is 2. The molecule has 0 amide bonds. The number of ether oxygens (including phenoxy) is 1. The van der Waals surface area contributed by atoms with Gasteiger partial charge in [0.1, 0.15) is 6.61 Å². The molecular formula is C27H28N2O3. The molecule has 0 bridgehead atoms. The zero-order valence-corrected chi connectivity index (χ0v) is 18.1. The number of para-hydroxylation sites is 1. The van der Waals surface area contributed by atoms with Crippen LogP contribution < -0.4 is 9.64 Å². The van der Waals surface area contributed by atoms with Gasteiger partial charge in [-0.25, -0.2) is 4.98 Å². The van der Waals surface area contributed by atoms with Gasteiger partial charge in [0.2, 0.25) is 5.88 Å². The van der Waals surface area contributed by atoms with Crippen LogP contribution >= 0.6 is 0 Å². The molecule has 5 nitrogen and oxygen atoms in total. The third-order valence-corrected chi connectivity index (χ3v) is 6.78. The van der Waals surface area contributed by atoms with E-state index in [2.05, 4.69) is 70.7 Å². The maximum Gasteiger partial charge on any atom is 0.290 e. The molecule has 164 valence electrons. The molecule has 5 heteroatoms. The van der Waals surface area contributed by atoms with Gasteiger partial charge in [0.05, 0.1) is 0 Å². The molecule has 32 heavy (non-hydrogen) atoms. The first-order valence-corrected chi connectivity index (χ1v) is 11.4. The van der Waals surface area contributed by atoms with Crippen LogP contribution in [0.5, 0.6) is 5.88 Å². The molecule has 0 radical (unpaired) electrons. The third-order valence-electron chi connectivity index (χ3n) is 6.78. The highest BCUT2D eigenvalue weighted by molar-refractivity contribution is 5.67. The molecule has 2 aliphatic carbocycles. The smallest absolute Gasteiger partial charge is 0.290 e. The summed E-state index contributed by atoms with van der Waals surface area (Å²) in [5.41, 5.74) is 8.16. The van der Waals surface area contributed by atoms with Crippen LogP contribution in [0.4, 0.5) is 11.4 Å². The Kier molecular flexibility index (Phi) is 5.80. The molecule has 3 aliphatic rings. The van der Waals surface area contributed by atoms with E-state index in [1.165, 1.54) is 59.3 Å². The molecule has 6 rings (SSSR count). The van der Waals surface area contributed by atoms with Gasteiger partial charge in [-0.3, -0.25) is 4.79 Å². The van der Waals surface area contributed by atoms with Crippen LogP contribution in [-0.4, -0.2) is 23.1 Å². The van der Waals surface area contributed by atoms with Crippen molar-refractivity contribution in [3.63, 3.8) is 0 Å². The molecule has 1 aromatic heterocycles. The number of aromatic nitrogens is 1. The summed E-state index contributed by atoms with van der Waals surface area (Å²) < 4.78 is 6.10. The number of anilines is 2. The Morgan fingerprint density at radius 2 is 1.94 bits per heavy atom. The van der Waals surface area contributed by atoms with Gasteiger partial charge in [-0.05, 0) is 84.4 Å². The summed E-state index contributed by atoms with van der Waals surface area (Å²) in [6.45, 7) is 1.38. The van der Waals surface area contributed by atoms with Crippen molar-refractivity contribution in [1.82, 2.24) is 4.98 Å². The first kappa shape index (κ1) is 20.6.